The number of hydrogen-bond acceptors (Lipinski definition) is 9. The van der Waals surface area contributed by atoms with Gasteiger partial charge in [0, 0.05) is 0 Å². The van der Waals surface area contributed by atoms with Crippen LogP contribution in [-0.2, 0) is 15.0 Å². The minimum absolute atomic E-state index is 0.0235. The van der Waals surface area contributed by atoms with E-state index in [2.05, 4.69) is 10.4 Å². The van der Waals surface area contributed by atoms with Gasteiger partial charge in [-0.15, -0.1) is 11.3 Å². The van der Waals surface area contributed by atoms with E-state index in [0.717, 1.165) is 30.6 Å². The predicted molar refractivity (Wildman–Crippen MR) is 134 cm³/mol. The van der Waals surface area contributed by atoms with Crippen molar-refractivity contribution in [1.29, 1.82) is 0 Å². The maximum absolute atomic E-state index is 13.4. The lowest BCUT2D eigenvalue weighted by Gasteiger charge is -2.56. The number of nitrogens with zero attached hydrogens (tertiary/aromatic N) is 3. The molecule has 4 fully saturated rings. The van der Waals surface area contributed by atoms with Gasteiger partial charge in [-0.1, -0.05) is 6.92 Å². The molecule has 11 nitrogen and oxygen atoms in total. The summed E-state index contributed by atoms with van der Waals surface area (Å²) in [4.78, 5) is 49.9. The van der Waals surface area contributed by atoms with E-state index in [1.54, 1.807) is 11.6 Å². The molecule has 12 heteroatoms. The molecule has 0 aliphatic heterocycles. The first-order valence-electron chi connectivity index (χ1n) is 12.6. The number of carbonyl (C=O) groups is 3. The van der Waals surface area contributed by atoms with Gasteiger partial charge in [0.15, 0.2) is 0 Å². The number of ether oxygens (including phenoxy) is 2. The van der Waals surface area contributed by atoms with Crippen molar-refractivity contribution in [3.05, 3.63) is 38.0 Å². The highest BCUT2D eigenvalue weighted by Gasteiger charge is 2.53. The van der Waals surface area contributed by atoms with Gasteiger partial charge in [-0.25, -0.2) is 9.59 Å². The average Bonchev–Trinajstić information content (AvgIpc) is 3.44. The summed E-state index contributed by atoms with van der Waals surface area (Å²) in [5.41, 5.74) is -0.675. The molecule has 37 heavy (non-hydrogen) atoms. The molecule has 4 bridgehead atoms. The summed E-state index contributed by atoms with van der Waals surface area (Å²) in [7, 11) is 1.22. The SMILES string of the molecule is CCCOC(=O)c1c(NC(=O)c2nn(C34CC5CC(CC(C5)C3)C4)cc2[N+](=O)[O-])sc(C(=O)OC)c1C. The number of nitro groups is 1. The van der Waals surface area contributed by atoms with Crippen LogP contribution in [0, 0.1) is 34.8 Å². The Morgan fingerprint density at radius 3 is 2.35 bits per heavy atom. The number of anilines is 1. The highest BCUT2D eigenvalue weighted by atomic mass is 32.1. The normalized spacial score (nSPS) is 25.6. The smallest absolute Gasteiger partial charge is 0.348 e. The third kappa shape index (κ3) is 4.41. The monoisotopic (exact) mass is 530 g/mol. The molecule has 0 spiro atoms. The second-order valence-corrected chi connectivity index (χ2v) is 11.6. The van der Waals surface area contributed by atoms with Crippen molar-refractivity contribution in [3.63, 3.8) is 0 Å². The molecular weight excluding hydrogens is 500 g/mol. The van der Waals surface area contributed by atoms with Crippen molar-refractivity contribution in [3.8, 4) is 0 Å². The zero-order valence-corrected chi connectivity index (χ0v) is 21.9. The van der Waals surface area contributed by atoms with Crippen molar-refractivity contribution < 1.29 is 28.8 Å². The van der Waals surface area contributed by atoms with E-state index in [1.807, 2.05) is 6.92 Å². The molecular formula is C25H30N4O7S. The van der Waals surface area contributed by atoms with Gasteiger partial charge in [-0.05, 0) is 75.2 Å². The molecule has 0 radical (unpaired) electrons. The first-order chi connectivity index (χ1) is 17.7. The van der Waals surface area contributed by atoms with Crippen LogP contribution in [-0.4, -0.2) is 46.3 Å². The summed E-state index contributed by atoms with van der Waals surface area (Å²) >= 11 is 0.860. The van der Waals surface area contributed by atoms with Crippen molar-refractivity contribution in [2.75, 3.05) is 19.0 Å². The molecule has 0 aromatic carbocycles. The summed E-state index contributed by atoms with van der Waals surface area (Å²) in [6, 6.07) is 0. The van der Waals surface area contributed by atoms with Gasteiger partial charge in [-0.2, -0.15) is 5.10 Å². The molecule has 198 valence electrons. The van der Waals surface area contributed by atoms with E-state index in [4.69, 9.17) is 9.47 Å². The van der Waals surface area contributed by atoms with Gasteiger partial charge in [0.2, 0.25) is 5.69 Å². The summed E-state index contributed by atoms with van der Waals surface area (Å²) in [5.74, 6) is -0.408. The second kappa shape index (κ2) is 9.55. The molecule has 2 aromatic rings. The van der Waals surface area contributed by atoms with Crippen LogP contribution in [0.2, 0.25) is 0 Å². The van der Waals surface area contributed by atoms with Gasteiger partial charge in [0.25, 0.3) is 5.91 Å². The lowest BCUT2D eigenvalue weighted by molar-refractivity contribution is -0.385. The number of methoxy groups -OCH3 is 1. The average molecular weight is 531 g/mol. The predicted octanol–water partition coefficient (Wildman–Crippen LogP) is 4.69. The summed E-state index contributed by atoms with van der Waals surface area (Å²) in [5, 5.41) is 19.1. The lowest BCUT2D eigenvalue weighted by atomic mass is 9.53. The molecule has 0 atom stereocenters. The Bertz CT molecular complexity index is 1240. The van der Waals surface area contributed by atoms with Crippen LogP contribution >= 0.6 is 11.3 Å². The van der Waals surface area contributed by atoms with Gasteiger partial charge >= 0.3 is 17.6 Å². The highest BCUT2D eigenvalue weighted by Crippen LogP contribution is 2.58. The Balaban J connectivity index is 1.49. The fraction of sp³-hybridized carbons (Fsp3) is 0.600. The van der Waals surface area contributed by atoms with E-state index < -0.39 is 22.8 Å². The molecule has 0 saturated heterocycles. The second-order valence-electron chi connectivity index (χ2n) is 10.5. The number of aromatic nitrogens is 2. The van der Waals surface area contributed by atoms with E-state index in [9.17, 15) is 24.5 Å². The van der Waals surface area contributed by atoms with Crippen LogP contribution in [0.1, 0.15) is 88.0 Å². The third-order valence-electron chi connectivity index (χ3n) is 7.98. The zero-order valence-electron chi connectivity index (χ0n) is 21.1. The fourth-order valence-corrected chi connectivity index (χ4v) is 7.92. The molecule has 4 aliphatic carbocycles. The Labute approximate surface area is 217 Å². The Morgan fingerprint density at radius 2 is 1.81 bits per heavy atom. The Hall–Kier alpha value is -3.28. The fourth-order valence-electron chi connectivity index (χ4n) is 6.81. The number of hydrogen-bond donors (Lipinski definition) is 1. The number of amides is 1. The van der Waals surface area contributed by atoms with Crippen molar-refractivity contribution in [2.24, 2.45) is 17.8 Å². The van der Waals surface area contributed by atoms with Gasteiger partial charge < -0.3 is 14.8 Å². The van der Waals surface area contributed by atoms with E-state index in [1.165, 1.54) is 32.6 Å². The molecule has 1 amide bonds. The van der Waals surface area contributed by atoms with Gasteiger partial charge in [0.05, 0.1) is 29.7 Å². The minimum Gasteiger partial charge on any atom is -0.465 e. The quantitative estimate of drug-likeness (QED) is 0.294. The molecule has 2 aromatic heterocycles. The van der Waals surface area contributed by atoms with Gasteiger partial charge in [0.1, 0.15) is 16.1 Å². The number of esters is 2. The first-order valence-corrected chi connectivity index (χ1v) is 13.4. The van der Waals surface area contributed by atoms with Crippen LogP contribution in [0.25, 0.3) is 0 Å². The Kier molecular flexibility index (Phi) is 6.55. The highest BCUT2D eigenvalue weighted by molar-refractivity contribution is 7.18. The van der Waals surface area contributed by atoms with Crippen molar-refractivity contribution >= 4 is 39.9 Å². The standard InChI is InChI=1S/C25H30N4O7S/c1-4-5-36-23(31)18-13(2)20(24(32)35-3)37-22(18)26-21(30)19-17(29(33)34)12-28(27-19)25-9-14-6-15(10-25)8-16(7-14)11-25/h12,14-16H,4-11H2,1-3H3,(H,26,30). The van der Waals surface area contributed by atoms with Crippen LogP contribution in [0.15, 0.2) is 6.20 Å². The van der Waals surface area contributed by atoms with Crippen LogP contribution < -0.4 is 5.32 Å². The van der Waals surface area contributed by atoms with Crippen LogP contribution in [0.3, 0.4) is 0 Å². The van der Waals surface area contributed by atoms with E-state index >= 15 is 0 Å². The molecule has 0 unspecified atom stereocenters. The molecule has 4 aliphatic rings. The number of nitrogens with one attached hydrogen (secondary N) is 1. The molecule has 1 N–H and O–H groups in total. The van der Waals surface area contributed by atoms with Crippen LogP contribution in [0.5, 0.6) is 0 Å². The summed E-state index contributed by atoms with van der Waals surface area (Å²) in [6.45, 7) is 3.57. The molecule has 4 saturated carbocycles. The number of thiophene rings is 1. The topological polar surface area (TPSA) is 143 Å². The van der Waals surface area contributed by atoms with E-state index in [-0.39, 0.29) is 39.0 Å². The largest absolute Gasteiger partial charge is 0.465 e. The Morgan fingerprint density at radius 1 is 1.19 bits per heavy atom. The summed E-state index contributed by atoms with van der Waals surface area (Å²) < 4.78 is 11.7. The summed E-state index contributed by atoms with van der Waals surface area (Å²) in [6.07, 6.45) is 8.33. The maximum Gasteiger partial charge on any atom is 0.348 e. The maximum atomic E-state index is 13.4. The van der Waals surface area contributed by atoms with Gasteiger partial charge in [-0.3, -0.25) is 19.6 Å². The van der Waals surface area contributed by atoms with E-state index in [0.29, 0.717) is 29.7 Å². The lowest BCUT2D eigenvalue weighted by Crippen LogP contribution is -2.52. The van der Waals surface area contributed by atoms with Crippen molar-refractivity contribution in [2.45, 2.75) is 64.3 Å². The first kappa shape index (κ1) is 25.4. The zero-order chi connectivity index (χ0) is 26.5. The number of carbonyl (C=O) groups excluding carboxylic acids is 3. The molecule has 6 rings (SSSR count). The third-order valence-corrected chi connectivity index (χ3v) is 9.17. The molecule has 2 heterocycles. The minimum atomic E-state index is -0.822. The van der Waals surface area contributed by atoms with Crippen LogP contribution in [0.4, 0.5) is 10.7 Å². The number of rotatable bonds is 8. The van der Waals surface area contributed by atoms with Crippen molar-refractivity contribution in [1.82, 2.24) is 9.78 Å².